The zero-order valence-electron chi connectivity index (χ0n) is 8.93. The summed E-state index contributed by atoms with van der Waals surface area (Å²) in [5.41, 5.74) is 12.0. The van der Waals surface area contributed by atoms with Crippen molar-refractivity contribution in [3.8, 4) is 5.88 Å². The van der Waals surface area contributed by atoms with Gasteiger partial charge < -0.3 is 16.2 Å². The third kappa shape index (κ3) is 3.32. The Hall–Kier alpha value is -1.82. The maximum absolute atomic E-state index is 5.53. The molecule has 0 amide bonds. The maximum atomic E-state index is 5.53. The highest BCUT2D eigenvalue weighted by molar-refractivity contribution is 9.10. The average Bonchev–Trinajstić information content (AvgIpc) is 2.27. The summed E-state index contributed by atoms with van der Waals surface area (Å²) in [4.78, 5) is 7.68. The van der Waals surface area contributed by atoms with Crippen LogP contribution in [0.1, 0.15) is 5.56 Å². The number of nitrogen functional groups attached to an aromatic ring is 2. The first-order chi connectivity index (χ1) is 8.13. The van der Waals surface area contributed by atoms with Crippen LogP contribution in [0.15, 0.2) is 34.8 Å². The predicted molar refractivity (Wildman–Crippen MR) is 69.3 cm³/mol. The summed E-state index contributed by atoms with van der Waals surface area (Å²) in [5, 5.41) is 0. The van der Waals surface area contributed by atoms with E-state index in [1.807, 2.05) is 24.3 Å². The Morgan fingerprint density at radius 1 is 1.12 bits per heavy atom. The number of nitrogens with two attached hydrogens (primary N) is 2. The molecule has 0 atom stereocenters. The zero-order chi connectivity index (χ0) is 12.3. The van der Waals surface area contributed by atoms with E-state index in [-0.39, 0.29) is 5.95 Å². The van der Waals surface area contributed by atoms with Gasteiger partial charge in [-0.2, -0.15) is 9.97 Å². The molecule has 5 nitrogen and oxygen atoms in total. The minimum Gasteiger partial charge on any atom is -0.473 e. The molecule has 88 valence electrons. The Morgan fingerprint density at radius 3 is 2.47 bits per heavy atom. The molecule has 0 unspecified atom stereocenters. The number of anilines is 2. The van der Waals surface area contributed by atoms with Crippen molar-refractivity contribution < 1.29 is 4.74 Å². The lowest BCUT2D eigenvalue weighted by atomic mass is 10.2. The number of hydrogen-bond donors (Lipinski definition) is 2. The van der Waals surface area contributed by atoms with Crippen LogP contribution in [0.25, 0.3) is 0 Å². The van der Waals surface area contributed by atoms with Crippen LogP contribution in [0.3, 0.4) is 0 Å². The second-order valence-electron chi connectivity index (χ2n) is 3.40. The lowest BCUT2D eigenvalue weighted by Crippen LogP contribution is -2.03. The molecule has 0 saturated heterocycles. The molecule has 0 aliphatic carbocycles. The number of rotatable bonds is 3. The normalized spacial score (nSPS) is 10.2. The third-order valence-corrected chi connectivity index (χ3v) is 2.57. The van der Waals surface area contributed by atoms with E-state index in [4.69, 9.17) is 16.2 Å². The highest BCUT2D eigenvalue weighted by Gasteiger charge is 2.01. The van der Waals surface area contributed by atoms with Gasteiger partial charge in [-0.05, 0) is 17.7 Å². The Bertz CT molecular complexity index is 495. The van der Waals surface area contributed by atoms with Crippen LogP contribution >= 0.6 is 15.9 Å². The highest BCUT2D eigenvalue weighted by atomic mass is 79.9. The van der Waals surface area contributed by atoms with Gasteiger partial charge in [-0.15, -0.1) is 0 Å². The monoisotopic (exact) mass is 294 g/mol. The molecule has 0 saturated carbocycles. The van der Waals surface area contributed by atoms with E-state index in [2.05, 4.69) is 25.9 Å². The number of halogens is 1. The summed E-state index contributed by atoms with van der Waals surface area (Å²) >= 11 is 3.37. The van der Waals surface area contributed by atoms with Crippen LogP contribution in [-0.4, -0.2) is 9.97 Å². The molecule has 6 heteroatoms. The highest BCUT2D eigenvalue weighted by Crippen LogP contribution is 2.15. The van der Waals surface area contributed by atoms with E-state index in [0.29, 0.717) is 18.3 Å². The summed E-state index contributed by atoms with van der Waals surface area (Å²) in [6.45, 7) is 0.406. The fraction of sp³-hybridized carbons (Fsp3) is 0.0909. The number of nitrogens with zero attached hydrogens (tertiary/aromatic N) is 2. The van der Waals surface area contributed by atoms with Gasteiger partial charge in [-0.1, -0.05) is 28.1 Å². The molecule has 17 heavy (non-hydrogen) atoms. The molecular formula is C11H11BrN4O. The van der Waals surface area contributed by atoms with Gasteiger partial charge in [0.25, 0.3) is 0 Å². The van der Waals surface area contributed by atoms with Gasteiger partial charge in [0.2, 0.25) is 11.8 Å². The number of hydrogen-bond acceptors (Lipinski definition) is 5. The lowest BCUT2D eigenvalue weighted by molar-refractivity contribution is 0.294. The summed E-state index contributed by atoms with van der Waals surface area (Å²) in [5.74, 6) is 0.775. The molecule has 1 aromatic carbocycles. The smallest absolute Gasteiger partial charge is 0.225 e. The molecule has 1 aromatic heterocycles. The van der Waals surface area contributed by atoms with Crippen molar-refractivity contribution in [3.63, 3.8) is 0 Å². The molecule has 0 spiro atoms. The van der Waals surface area contributed by atoms with Crippen LogP contribution in [0.5, 0.6) is 5.88 Å². The fourth-order valence-electron chi connectivity index (χ4n) is 1.27. The SMILES string of the molecule is Nc1cc(OCc2ccc(Br)cc2)nc(N)n1. The number of benzene rings is 1. The fourth-order valence-corrected chi connectivity index (χ4v) is 1.54. The summed E-state index contributed by atoms with van der Waals surface area (Å²) in [7, 11) is 0. The Kier molecular flexibility index (Phi) is 3.43. The van der Waals surface area contributed by atoms with Crippen molar-refractivity contribution in [2.75, 3.05) is 11.5 Å². The molecule has 0 bridgehead atoms. The van der Waals surface area contributed by atoms with Crippen molar-refractivity contribution in [2.24, 2.45) is 0 Å². The molecule has 0 fully saturated rings. The molecule has 0 aliphatic heterocycles. The number of aromatic nitrogens is 2. The third-order valence-electron chi connectivity index (χ3n) is 2.04. The minimum atomic E-state index is 0.107. The first-order valence-corrected chi connectivity index (χ1v) is 5.70. The topological polar surface area (TPSA) is 87.0 Å². The first kappa shape index (κ1) is 11.7. The van der Waals surface area contributed by atoms with Gasteiger partial charge in [0.1, 0.15) is 12.4 Å². The molecule has 0 radical (unpaired) electrons. The van der Waals surface area contributed by atoms with Crippen molar-refractivity contribution in [2.45, 2.75) is 6.61 Å². The molecule has 2 aromatic rings. The lowest BCUT2D eigenvalue weighted by Gasteiger charge is -2.06. The Morgan fingerprint density at radius 2 is 1.82 bits per heavy atom. The number of ether oxygens (including phenoxy) is 1. The molecule has 1 heterocycles. The summed E-state index contributed by atoms with van der Waals surface area (Å²) in [6.07, 6.45) is 0. The van der Waals surface area contributed by atoms with Gasteiger partial charge in [0.05, 0.1) is 0 Å². The van der Waals surface area contributed by atoms with E-state index < -0.39 is 0 Å². The van der Waals surface area contributed by atoms with E-state index >= 15 is 0 Å². The summed E-state index contributed by atoms with van der Waals surface area (Å²) in [6, 6.07) is 9.34. The van der Waals surface area contributed by atoms with Gasteiger partial charge >= 0.3 is 0 Å². The van der Waals surface area contributed by atoms with E-state index in [0.717, 1.165) is 10.0 Å². The van der Waals surface area contributed by atoms with Crippen LogP contribution in [0, 0.1) is 0 Å². The first-order valence-electron chi connectivity index (χ1n) is 4.91. The molecule has 0 aliphatic rings. The minimum absolute atomic E-state index is 0.107. The van der Waals surface area contributed by atoms with E-state index in [1.165, 1.54) is 6.07 Å². The quantitative estimate of drug-likeness (QED) is 0.904. The van der Waals surface area contributed by atoms with Crippen molar-refractivity contribution in [1.29, 1.82) is 0 Å². The van der Waals surface area contributed by atoms with Crippen molar-refractivity contribution in [3.05, 3.63) is 40.4 Å². The summed E-state index contributed by atoms with van der Waals surface area (Å²) < 4.78 is 6.49. The van der Waals surface area contributed by atoms with E-state index in [1.54, 1.807) is 0 Å². The van der Waals surface area contributed by atoms with Crippen LogP contribution in [0.4, 0.5) is 11.8 Å². The van der Waals surface area contributed by atoms with Crippen molar-refractivity contribution in [1.82, 2.24) is 9.97 Å². The van der Waals surface area contributed by atoms with Gasteiger partial charge in [-0.3, -0.25) is 0 Å². The van der Waals surface area contributed by atoms with Gasteiger partial charge in [0, 0.05) is 10.5 Å². The Balaban J connectivity index is 2.04. The molecule has 2 rings (SSSR count). The van der Waals surface area contributed by atoms with Gasteiger partial charge in [0.15, 0.2) is 0 Å². The average molecular weight is 295 g/mol. The Labute approximate surface area is 107 Å². The van der Waals surface area contributed by atoms with Gasteiger partial charge in [-0.25, -0.2) is 0 Å². The van der Waals surface area contributed by atoms with Crippen LogP contribution in [-0.2, 0) is 6.61 Å². The molecular weight excluding hydrogens is 284 g/mol. The van der Waals surface area contributed by atoms with Crippen LogP contribution in [0.2, 0.25) is 0 Å². The zero-order valence-corrected chi connectivity index (χ0v) is 10.5. The predicted octanol–water partition coefficient (Wildman–Crippen LogP) is 1.98. The molecule has 4 N–H and O–H groups in total. The van der Waals surface area contributed by atoms with E-state index in [9.17, 15) is 0 Å². The van der Waals surface area contributed by atoms with Crippen molar-refractivity contribution >= 4 is 27.7 Å². The standard InChI is InChI=1S/C11H11BrN4O/c12-8-3-1-7(2-4-8)6-17-10-5-9(13)15-11(14)16-10/h1-5H,6H2,(H4,13,14,15,16). The van der Waals surface area contributed by atoms with Crippen LogP contribution < -0.4 is 16.2 Å². The maximum Gasteiger partial charge on any atom is 0.225 e. The second-order valence-corrected chi connectivity index (χ2v) is 4.32. The second kappa shape index (κ2) is 5.01. The largest absolute Gasteiger partial charge is 0.473 e.